The van der Waals surface area contributed by atoms with Crippen LogP contribution in [-0.2, 0) is 24.1 Å². The van der Waals surface area contributed by atoms with Crippen LogP contribution in [0.15, 0.2) is 48.7 Å². The van der Waals surface area contributed by atoms with Gasteiger partial charge in [0, 0.05) is 48.3 Å². The van der Waals surface area contributed by atoms with Crippen molar-refractivity contribution >= 4 is 17.2 Å². The lowest BCUT2D eigenvalue weighted by Gasteiger charge is -2.33. The summed E-state index contributed by atoms with van der Waals surface area (Å²) in [6.45, 7) is 2.61. The highest BCUT2D eigenvalue weighted by Crippen LogP contribution is 2.44. The molecule has 0 aliphatic carbocycles. The fourth-order valence-corrected chi connectivity index (χ4v) is 5.30. The summed E-state index contributed by atoms with van der Waals surface area (Å²) in [5.41, 5.74) is 2.80. The van der Waals surface area contributed by atoms with E-state index in [4.69, 9.17) is 5.21 Å². The number of nitrogens with one attached hydrogen (secondary N) is 1. The Labute approximate surface area is 203 Å². The first-order valence-corrected chi connectivity index (χ1v) is 11.7. The predicted molar refractivity (Wildman–Crippen MR) is 124 cm³/mol. The van der Waals surface area contributed by atoms with E-state index in [9.17, 15) is 23.2 Å². The summed E-state index contributed by atoms with van der Waals surface area (Å²) in [7, 11) is 0. The first kappa shape index (κ1) is 24.7. The number of carbonyl (C=O) groups is 1. The maximum atomic E-state index is 13.9. The molecule has 1 aromatic carbocycles. The lowest BCUT2D eigenvalue weighted by Crippen LogP contribution is -2.37. The summed E-state index contributed by atoms with van der Waals surface area (Å²) in [6, 6.07) is 10.7. The predicted octanol–water partition coefficient (Wildman–Crippen LogP) is 4.53. The average Bonchev–Trinajstić information content (AvgIpc) is 3.47. The van der Waals surface area contributed by atoms with Crippen molar-refractivity contribution in [2.24, 2.45) is 0 Å². The second-order valence-electron chi connectivity index (χ2n) is 7.97. The summed E-state index contributed by atoms with van der Waals surface area (Å²) in [4.78, 5) is 15.7. The Hall–Kier alpha value is -3.46. The van der Waals surface area contributed by atoms with Gasteiger partial charge in [-0.05, 0) is 29.7 Å². The number of hydrogen-bond donors (Lipinski definition) is 2. The van der Waals surface area contributed by atoms with Crippen molar-refractivity contribution in [3.8, 4) is 17.2 Å². The van der Waals surface area contributed by atoms with Crippen LogP contribution < -0.4 is 5.48 Å². The Balaban J connectivity index is 1.83. The lowest BCUT2D eigenvalue weighted by molar-refractivity contribution is -0.141. The Morgan fingerprint density at radius 1 is 1.34 bits per heavy atom. The molecule has 7 nitrogen and oxygen atoms in total. The van der Waals surface area contributed by atoms with E-state index in [2.05, 4.69) is 11.2 Å². The molecule has 0 unspecified atom stereocenters. The highest BCUT2D eigenvalue weighted by molar-refractivity contribution is 7.12. The number of aromatic nitrogens is 2. The van der Waals surface area contributed by atoms with E-state index in [0.717, 1.165) is 10.4 Å². The van der Waals surface area contributed by atoms with E-state index in [-0.39, 0.29) is 37.6 Å². The van der Waals surface area contributed by atoms with Gasteiger partial charge in [0.1, 0.15) is 10.9 Å². The van der Waals surface area contributed by atoms with Crippen LogP contribution in [-0.4, -0.2) is 38.9 Å². The number of hydrogen-bond acceptors (Lipinski definition) is 6. The van der Waals surface area contributed by atoms with E-state index >= 15 is 0 Å². The number of hydroxylamine groups is 1. The minimum absolute atomic E-state index is 0.0235. The number of carbonyl (C=O) groups excluding carboxylic acids is 1. The van der Waals surface area contributed by atoms with Crippen LogP contribution in [0.4, 0.5) is 13.2 Å². The number of amides is 1. The van der Waals surface area contributed by atoms with Crippen LogP contribution >= 0.6 is 11.3 Å². The number of alkyl halides is 3. The molecule has 2 aromatic heterocycles. The second kappa shape index (κ2) is 10.0. The number of aryl methyl sites for hydroxylation is 1. The second-order valence-corrected chi connectivity index (χ2v) is 9.11. The molecule has 0 radical (unpaired) electrons. The van der Waals surface area contributed by atoms with Crippen LogP contribution in [0.5, 0.6) is 0 Å². The largest absolute Gasteiger partial charge is 0.435 e. The molecule has 0 bridgehead atoms. The van der Waals surface area contributed by atoms with Crippen molar-refractivity contribution in [2.75, 3.05) is 13.1 Å². The van der Waals surface area contributed by atoms with E-state index < -0.39 is 17.8 Å². The first-order valence-electron chi connectivity index (χ1n) is 10.9. The lowest BCUT2D eigenvalue weighted by atomic mass is 9.83. The van der Waals surface area contributed by atoms with Gasteiger partial charge >= 0.3 is 6.18 Å². The third kappa shape index (κ3) is 5.00. The molecule has 2 N–H and O–H groups in total. The number of nitrogens with zero attached hydrogens (tertiary/aromatic N) is 4. The molecule has 3 heterocycles. The van der Waals surface area contributed by atoms with Crippen molar-refractivity contribution in [1.29, 1.82) is 5.26 Å². The zero-order valence-corrected chi connectivity index (χ0v) is 19.5. The van der Waals surface area contributed by atoms with Gasteiger partial charge in [-0.1, -0.05) is 30.3 Å². The molecule has 1 amide bonds. The van der Waals surface area contributed by atoms with Gasteiger partial charge in [0.15, 0.2) is 5.69 Å². The zero-order chi connectivity index (χ0) is 25.2. The van der Waals surface area contributed by atoms with Crippen LogP contribution in [0, 0.1) is 11.3 Å². The number of thiophene rings is 1. The van der Waals surface area contributed by atoms with Crippen LogP contribution in [0.2, 0.25) is 0 Å². The minimum atomic E-state index is -4.63. The number of nitriles is 1. The molecule has 0 spiro atoms. The summed E-state index contributed by atoms with van der Waals surface area (Å²) in [5.74, 6) is -0.734. The molecular formula is C24H22F3N5O2S. The van der Waals surface area contributed by atoms with Crippen molar-refractivity contribution < 1.29 is 23.2 Å². The molecular weight excluding hydrogens is 479 g/mol. The van der Waals surface area contributed by atoms with Crippen molar-refractivity contribution in [1.82, 2.24) is 20.2 Å². The number of halogens is 3. The fourth-order valence-electron chi connectivity index (χ4n) is 4.26. The van der Waals surface area contributed by atoms with Gasteiger partial charge in [-0.15, -0.1) is 11.3 Å². The Kier molecular flexibility index (Phi) is 7.07. The third-order valence-electron chi connectivity index (χ3n) is 5.83. The maximum Gasteiger partial charge on any atom is 0.435 e. The quantitative estimate of drug-likeness (QED) is 0.382. The monoisotopic (exact) mass is 501 g/mol. The van der Waals surface area contributed by atoms with Gasteiger partial charge in [0.05, 0.1) is 6.54 Å². The van der Waals surface area contributed by atoms with Gasteiger partial charge in [0.25, 0.3) is 0 Å². The molecule has 1 atom stereocenters. The van der Waals surface area contributed by atoms with Gasteiger partial charge in [0.2, 0.25) is 5.91 Å². The molecule has 35 heavy (non-hydrogen) atoms. The fraction of sp³-hybridized carbons (Fsp3) is 0.292. The molecule has 0 saturated heterocycles. The SMILES string of the molecule is CCn1cc(-c2ccccc2[C@@H]2CN(C(=O)/C=C/CNO)Cc3sc(C#N)cc32)c(C(F)(F)F)n1. The number of rotatable bonds is 6. The zero-order valence-electron chi connectivity index (χ0n) is 18.7. The van der Waals surface area contributed by atoms with E-state index in [1.807, 2.05) is 5.48 Å². The number of benzene rings is 1. The standard InChI is InChI=1S/C24H22F3N5O2S/c1-2-32-13-20(23(30-32)24(25,26)27)17-7-4-3-6-16(17)19-12-31(22(33)8-5-9-29-34)14-21-18(19)10-15(11-28)35-21/h3-8,10,13,19,29,34H,2,9,12,14H2,1H3/b8-5+/t19-/m0/s1. The highest BCUT2D eigenvalue weighted by Gasteiger charge is 2.39. The summed E-state index contributed by atoms with van der Waals surface area (Å²) in [6.07, 6.45) is -0.425. The van der Waals surface area contributed by atoms with Gasteiger partial charge in [-0.2, -0.15) is 23.5 Å². The minimum Gasteiger partial charge on any atom is -0.333 e. The van der Waals surface area contributed by atoms with Crippen LogP contribution in [0.25, 0.3) is 11.1 Å². The Bertz CT molecular complexity index is 1310. The van der Waals surface area contributed by atoms with Crippen molar-refractivity contribution in [3.63, 3.8) is 0 Å². The summed E-state index contributed by atoms with van der Waals surface area (Å²) >= 11 is 1.27. The van der Waals surface area contributed by atoms with E-state index in [0.29, 0.717) is 16.0 Å². The molecule has 1 aliphatic rings. The van der Waals surface area contributed by atoms with E-state index in [1.165, 1.54) is 34.4 Å². The topological polar surface area (TPSA) is 94.2 Å². The molecule has 0 fully saturated rings. The van der Waals surface area contributed by atoms with Crippen LogP contribution in [0.3, 0.4) is 0 Å². The highest BCUT2D eigenvalue weighted by atomic mass is 32.1. The molecule has 4 rings (SSSR count). The summed E-state index contributed by atoms with van der Waals surface area (Å²) in [5, 5.41) is 21.9. The molecule has 182 valence electrons. The first-order chi connectivity index (χ1) is 16.8. The number of fused-ring (bicyclic) bond motifs is 1. The Morgan fingerprint density at radius 2 is 2.11 bits per heavy atom. The van der Waals surface area contributed by atoms with Crippen molar-refractivity contribution in [3.05, 3.63) is 75.3 Å². The van der Waals surface area contributed by atoms with Gasteiger partial charge in [-0.25, -0.2) is 5.48 Å². The average molecular weight is 502 g/mol. The molecule has 0 saturated carbocycles. The normalized spacial score (nSPS) is 15.9. The molecule has 3 aromatic rings. The molecule has 11 heteroatoms. The maximum absolute atomic E-state index is 13.9. The van der Waals surface area contributed by atoms with Crippen molar-refractivity contribution in [2.45, 2.75) is 32.1 Å². The van der Waals surface area contributed by atoms with E-state index in [1.54, 1.807) is 42.2 Å². The third-order valence-corrected chi connectivity index (χ3v) is 6.87. The molecule has 1 aliphatic heterocycles. The van der Waals surface area contributed by atoms with Gasteiger partial charge in [-0.3, -0.25) is 9.48 Å². The summed E-state index contributed by atoms with van der Waals surface area (Å²) < 4.78 is 42.9. The van der Waals surface area contributed by atoms with Gasteiger partial charge < -0.3 is 10.1 Å². The smallest absolute Gasteiger partial charge is 0.333 e. The van der Waals surface area contributed by atoms with Crippen LogP contribution in [0.1, 0.15) is 39.4 Å². The Morgan fingerprint density at radius 3 is 2.80 bits per heavy atom.